The van der Waals surface area contributed by atoms with Crippen molar-refractivity contribution in [1.29, 1.82) is 0 Å². The van der Waals surface area contributed by atoms with Crippen LogP contribution in [0.15, 0.2) is 18.2 Å². The molecule has 1 heterocycles. The van der Waals surface area contributed by atoms with E-state index in [4.69, 9.17) is 0 Å². The molecule has 0 unspecified atom stereocenters. The molecule has 15 heavy (non-hydrogen) atoms. The maximum atomic E-state index is 12.9. The summed E-state index contributed by atoms with van der Waals surface area (Å²) in [5.74, 6) is -1.54. The van der Waals surface area contributed by atoms with E-state index in [0.29, 0.717) is 6.54 Å². The third-order valence-corrected chi connectivity index (χ3v) is 2.60. The number of nitrogens with zero attached hydrogens (tertiary/aromatic N) is 1. The van der Waals surface area contributed by atoms with Crippen LogP contribution in [0.5, 0.6) is 0 Å². The van der Waals surface area contributed by atoms with Crippen molar-refractivity contribution in [1.82, 2.24) is 10.2 Å². The average Bonchev–Trinajstić information content (AvgIpc) is 2.25. The van der Waals surface area contributed by atoms with Crippen LogP contribution in [-0.2, 0) is 6.54 Å². The smallest absolute Gasteiger partial charge is 0.159 e. The second kappa shape index (κ2) is 4.68. The molecule has 0 aromatic heterocycles. The highest BCUT2D eigenvalue weighted by Crippen LogP contribution is 2.11. The summed E-state index contributed by atoms with van der Waals surface area (Å²) in [4.78, 5) is 2.23. The van der Waals surface area contributed by atoms with Gasteiger partial charge in [-0.15, -0.1) is 0 Å². The second-order valence-electron chi connectivity index (χ2n) is 3.77. The third-order valence-electron chi connectivity index (χ3n) is 2.60. The quantitative estimate of drug-likeness (QED) is 0.796. The van der Waals surface area contributed by atoms with E-state index in [1.807, 2.05) is 0 Å². The van der Waals surface area contributed by atoms with E-state index in [1.54, 1.807) is 6.07 Å². The molecule has 0 atom stereocenters. The Hall–Kier alpha value is -1.00. The van der Waals surface area contributed by atoms with Crippen LogP contribution in [0.25, 0.3) is 0 Å². The van der Waals surface area contributed by atoms with Gasteiger partial charge in [0.05, 0.1) is 0 Å². The largest absolute Gasteiger partial charge is 0.314 e. The van der Waals surface area contributed by atoms with Gasteiger partial charge in [0.25, 0.3) is 0 Å². The highest BCUT2D eigenvalue weighted by molar-refractivity contribution is 5.17. The lowest BCUT2D eigenvalue weighted by atomic mass is 10.2. The zero-order valence-corrected chi connectivity index (χ0v) is 8.47. The highest BCUT2D eigenvalue weighted by atomic mass is 19.2. The minimum Gasteiger partial charge on any atom is -0.314 e. The number of nitrogens with one attached hydrogen (secondary N) is 1. The summed E-state index contributed by atoms with van der Waals surface area (Å²) in [6.45, 7) is 4.53. The molecule has 0 amide bonds. The standard InChI is InChI=1S/C11H14F2N2/c12-10-2-1-9(7-11(10)13)8-15-5-3-14-4-6-15/h1-2,7,14H,3-6,8H2. The first-order valence-corrected chi connectivity index (χ1v) is 5.13. The molecule has 4 heteroatoms. The van der Waals surface area contributed by atoms with E-state index in [-0.39, 0.29) is 0 Å². The molecule has 2 rings (SSSR count). The molecule has 1 aliphatic rings. The fourth-order valence-electron chi connectivity index (χ4n) is 1.77. The Bertz CT molecular complexity index is 335. The van der Waals surface area contributed by atoms with Crippen LogP contribution < -0.4 is 5.32 Å². The van der Waals surface area contributed by atoms with Gasteiger partial charge in [-0.25, -0.2) is 8.78 Å². The average molecular weight is 212 g/mol. The number of benzene rings is 1. The number of halogens is 2. The number of hydrogen-bond donors (Lipinski definition) is 1. The van der Waals surface area contributed by atoms with Gasteiger partial charge in [0.15, 0.2) is 11.6 Å². The third kappa shape index (κ3) is 2.73. The Balaban J connectivity index is 2.00. The van der Waals surface area contributed by atoms with Crippen LogP contribution in [0.2, 0.25) is 0 Å². The number of hydrogen-bond acceptors (Lipinski definition) is 2. The molecule has 1 aromatic carbocycles. The predicted octanol–water partition coefficient (Wildman–Crippen LogP) is 1.37. The first-order chi connectivity index (χ1) is 7.25. The van der Waals surface area contributed by atoms with Gasteiger partial charge >= 0.3 is 0 Å². The molecule has 82 valence electrons. The highest BCUT2D eigenvalue weighted by Gasteiger charge is 2.10. The lowest BCUT2D eigenvalue weighted by Crippen LogP contribution is -2.42. The van der Waals surface area contributed by atoms with Gasteiger partial charge in [0.2, 0.25) is 0 Å². The van der Waals surface area contributed by atoms with Gasteiger partial charge in [-0.05, 0) is 17.7 Å². The van der Waals surface area contributed by atoms with Crippen LogP contribution in [0.4, 0.5) is 8.78 Å². The van der Waals surface area contributed by atoms with Crippen molar-refractivity contribution in [3.63, 3.8) is 0 Å². The van der Waals surface area contributed by atoms with Gasteiger partial charge in [-0.3, -0.25) is 4.90 Å². The maximum absolute atomic E-state index is 12.9. The molecule has 0 radical (unpaired) electrons. The van der Waals surface area contributed by atoms with E-state index in [2.05, 4.69) is 10.2 Å². The van der Waals surface area contributed by atoms with E-state index in [0.717, 1.165) is 31.7 Å². The Morgan fingerprint density at radius 3 is 2.53 bits per heavy atom. The van der Waals surface area contributed by atoms with Crippen molar-refractivity contribution in [2.75, 3.05) is 26.2 Å². The summed E-state index contributed by atoms with van der Waals surface area (Å²) in [7, 11) is 0. The molecule has 1 aromatic rings. The summed E-state index contributed by atoms with van der Waals surface area (Å²) in [6, 6.07) is 4.10. The van der Waals surface area contributed by atoms with Gasteiger partial charge < -0.3 is 5.32 Å². The van der Waals surface area contributed by atoms with Crippen LogP contribution >= 0.6 is 0 Å². The SMILES string of the molecule is Fc1ccc(CN2CCNCC2)cc1F. The van der Waals surface area contributed by atoms with Gasteiger partial charge in [-0.1, -0.05) is 6.07 Å². The molecule has 0 bridgehead atoms. The van der Waals surface area contributed by atoms with Crippen LogP contribution in [-0.4, -0.2) is 31.1 Å². The molecular formula is C11H14F2N2. The summed E-state index contributed by atoms with van der Waals surface area (Å²) in [5, 5.41) is 3.25. The number of piperazine rings is 1. The fraction of sp³-hybridized carbons (Fsp3) is 0.455. The zero-order chi connectivity index (χ0) is 10.7. The fourth-order valence-corrected chi connectivity index (χ4v) is 1.77. The molecule has 2 nitrogen and oxygen atoms in total. The molecule has 1 saturated heterocycles. The Morgan fingerprint density at radius 2 is 1.87 bits per heavy atom. The van der Waals surface area contributed by atoms with E-state index in [1.165, 1.54) is 12.1 Å². The molecule has 1 aliphatic heterocycles. The van der Waals surface area contributed by atoms with Gasteiger partial charge in [-0.2, -0.15) is 0 Å². The van der Waals surface area contributed by atoms with Crippen molar-refractivity contribution in [3.8, 4) is 0 Å². The topological polar surface area (TPSA) is 15.3 Å². The van der Waals surface area contributed by atoms with E-state index in [9.17, 15) is 8.78 Å². The monoisotopic (exact) mass is 212 g/mol. The zero-order valence-electron chi connectivity index (χ0n) is 8.47. The summed E-state index contributed by atoms with van der Waals surface area (Å²) in [5.41, 5.74) is 0.829. The van der Waals surface area contributed by atoms with Crippen molar-refractivity contribution < 1.29 is 8.78 Å². The lowest BCUT2D eigenvalue weighted by molar-refractivity contribution is 0.233. The van der Waals surface area contributed by atoms with Crippen LogP contribution in [0.3, 0.4) is 0 Å². The Labute approximate surface area is 87.9 Å². The maximum Gasteiger partial charge on any atom is 0.159 e. The molecular weight excluding hydrogens is 198 g/mol. The van der Waals surface area contributed by atoms with Gasteiger partial charge in [0.1, 0.15) is 0 Å². The molecule has 0 aliphatic carbocycles. The number of rotatable bonds is 2. The van der Waals surface area contributed by atoms with Crippen LogP contribution in [0, 0.1) is 11.6 Å². The Kier molecular flexibility index (Phi) is 3.28. The first kappa shape index (κ1) is 10.5. The van der Waals surface area contributed by atoms with Crippen molar-refractivity contribution >= 4 is 0 Å². The van der Waals surface area contributed by atoms with E-state index < -0.39 is 11.6 Å². The molecule has 0 saturated carbocycles. The van der Waals surface area contributed by atoms with Crippen molar-refractivity contribution in [2.24, 2.45) is 0 Å². The van der Waals surface area contributed by atoms with Crippen molar-refractivity contribution in [3.05, 3.63) is 35.4 Å². The van der Waals surface area contributed by atoms with E-state index >= 15 is 0 Å². The lowest BCUT2D eigenvalue weighted by Gasteiger charge is -2.27. The summed E-state index contributed by atoms with van der Waals surface area (Å²) in [6.07, 6.45) is 0. The molecule has 0 spiro atoms. The first-order valence-electron chi connectivity index (χ1n) is 5.13. The minimum absolute atomic E-state index is 0.693. The van der Waals surface area contributed by atoms with Crippen molar-refractivity contribution in [2.45, 2.75) is 6.54 Å². The summed E-state index contributed by atoms with van der Waals surface area (Å²) < 4.78 is 25.6. The Morgan fingerprint density at radius 1 is 1.13 bits per heavy atom. The molecule has 1 fully saturated rings. The van der Waals surface area contributed by atoms with Crippen LogP contribution in [0.1, 0.15) is 5.56 Å². The van der Waals surface area contributed by atoms with Gasteiger partial charge in [0, 0.05) is 32.7 Å². The predicted molar refractivity (Wildman–Crippen MR) is 54.5 cm³/mol. The molecule has 1 N–H and O–H groups in total. The second-order valence-corrected chi connectivity index (χ2v) is 3.77. The summed E-state index contributed by atoms with van der Waals surface area (Å²) >= 11 is 0. The normalized spacial score (nSPS) is 18.0. The minimum atomic E-state index is -0.779.